The number of unbranched alkanes of at least 4 members (excludes halogenated alkanes) is 2. The minimum Gasteiger partial charge on any atom is -0.396 e. The van der Waals surface area contributed by atoms with Crippen LogP contribution in [0.3, 0.4) is 0 Å². The number of nitrogens with one attached hydrogen (secondary N) is 1. The summed E-state index contributed by atoms with van der Waals surface area (Å²) in [5.74, 6) is 0. The molecule has 3 heteroatoms. The molecule has 19 heavy (non-hydrogen) atoms. The highest BCUT2D eigenvalue weighted by molar-refractivity contribution is 5.36. The molecule has 0 fully saturated rings. The van der Waals surface area contributed by atoms with Crippen LogP contribution in [0, 0.1) is 0 Å². The van der Waals surface area contributed by atoms with Gasteiger partial charge in [-0.1, -0.05) is 24.3 Å². The smallest absolute Gasteiger partial charge is 0.0561 e. The number of benzene rings is 1. The van der Waals surface area contributed by atoms with E-state index in [1.54, 1.807) is 0 Å². The summed E-state index contributed by atoms with van der Waals surface area (Å²) in [4.78, 5) is 0. The Balaban J connectivity index is 2.02. The van der Waals surface area contributed by atoms with Crippen molar-refractivity contribution in [3.8, 4) is 0 Å². The van der Waals surface area contributed by atoms with Gasteiger partial charge in [0.1, 0.15) is 0 Å². The van der Waals surface area contributed by atoms with E-state index < -0.39 is 0 Å². The van der Waals surface area contributed by atoms with Gasteiger partial charge in [-0.3, -0.25) is 0 Å². The van der Waals surface area contributed by atoms with Gasteiger partial charge in [-0.25, -0.2) is 0 Å². The summed E-state index contributed by atoms with van der Waals surface area (Å²) >= 11 is 0. The highest BCUT2D eigenvalue weighted by Crippen LogP contribution is 2.34. The van der Waals surface area contributed by atoms with Crippen molar-refractivity contribution in [1.29, 1.82) is 0 Å². The van der Waals surface area contributed by atoms with Crippen LogP contribution in [-0.4, -0.2) is 24.8 Å². The SMILES string of the molecule is NCC1(NCCCCCO)CCCc2ccccc21. The minimum atomic E-state index is -0.0337. The molecular formula is C16H26N2O. The predicted molar refractivity (Wildman–Crippen MR) is 79.1 cm³/mol. The molecule has 0 aliphatic heterocycles. The van der Waals surface area contributed by atoms with Crippen molar-refractivity contribution >= 4 is 0 Å². The molecule has 1 aromatic rings. The number of aryl methyl sites for hydroxylation is 1. The average molecular weight is 262 g/mol. The Morgan fingerprint density at radius 2 is 2.05 bits per heavy atom. The van der Waals surface area contributed by atoms with E-state index in [-0.39, 0.29) is 5.54 Å². The van der Waals surface area contributed by atoms with Gasteiger partial charge in [-0.2, -0.15) is 0 Å². The van der Waals surface area contributed by atoms with Crippen LogP contribution >= 0.6 is 0 Å². The van der Waals surface area contributed by atoms with Crippen molar-refractivity contribution in [2.45, 2.75) is 44.1 Å². The fourth-order valence-electron chi connectivity index (χ4n) is 3.13. The van der Waals surface area contributed by atoms with Crippen LogP contribution in [-0.2, 0) is 12.0 Å². The van der Waals surface area contributed by atoms with Crippen molar-refractivity contribution in [1.82, 2.24) is 5.32 Å². The van der Waals surface area contributed by atoms with Crippen LogP contribution in [0.1, 0.15) is 43.2 Å². The summed E-state index contributed by atoms with van der Waals surface area (Å²) in [5, 5.41) is 12.5. The third kappa shape index (κ3) is 3.35. The van der Waals surface area contributed by atoms with Crippen molar-refractivity contribution < 1.29 is 5.11 Å². The maximum absolute atomic E-state index is 8.80. The van der Waals surface area contributed by atoms with Gasteiger partial charge in [0.15, 0.2) is 0 Å². The number of hydrogen-bond donors (Lipinski definition) is 3. The molecule has 1 atom stereocenters. The molecule has 0 radical (unpaired) electrons. The number of aliphatic hydroxyl groups is 1. The Bertz CT molecular complexity index is 394. The lowest BCUT2D eigenvalue weighted by Gasteiger charge is -2.39. The monoisotopic (exact) mass is 262 g/mol. The molecule has 2 rings (SSSR count). The molecule has 0 spiro atoms. The van der Waals surface area contributed by atoms with Gasteiger partial charge in [0.2, 0.25) is 0 Å². The lowest BCUT2D eigenvalue weighted by molar-refractivity contribution is 0.272. The molecule has 1 unspecified atom stereocenters. The lowest BCUT2D eigenvalue weighted by Crippen LogP contribution is -2.50. The molecular weight excluding hydrogens is 236 g/mol. The maximum atomic E-state index is 8.80. The van der Waals surface area contributed by atoms with Crippen molar-refractivity contribution in [2.75, 3.05) is 19.7 Å². The second-order valence-corrected chi connectivity index (χ2v) is 5.51. The first-order valence-electron chi connectivity index (χ1n) is 7.47. The maximum Gasteiger partial charge on any atom is 0.0561 e. The van der Waals surface area contributed by atoms with E-state index in [1.165, 1.54) is 24.0 Å². The van der Waals surface area contributed by atoms with Gasteiger partial charge >= 0.3 is 0 Å². The third-order valence-corrected chi connectivity index (χ3v) is 4.23. The zero-order valence-corrected chi connectivity index (χ0v) is 11.7. The van der Waals surface area contributed by atoms with Gasteiger partial charge in [0.05, 0.1) is 5.54 Å². The number of nitrogens with two attached hydrogens (primary N) is 1. The first kappa shape index (κ1) is 14.5. The molecule has 1 aromatic carbocycles. The Labute approximate surface area is 116 Å². The highest BCUT2D eigenvalue weighted by Gasteiger charge is 2.34. The molecule has 0 heterocycles. The molecule has 4 N–H and O–H groups in total. The fraction of sp³-hybridized carbons (Fsp3) is 0.625. The first-order valence-corrected chi connectivity index (χ1v) is 7.47. The van der Waals surface area contributed by atoms with E-state index in [2.05, 4.69) is 29.6 Å². The van der Waals surface area contributed by atoms with Crippen LogP contribution in [0.5, 0.6) is 0 Å². The Morgan fingerprint density at radius 3 is 2.84 bits per heavy atom. The summed E-state index contributed by atoms with van der Waals surface area (Å²) in [5.41, 5.74) is 8.90. The van der Waals surface area contributed by atoms with Gasteiger partial charge in [0, 0.05) is 13.2 Å². The largest absolute Gasteiger partial charge is 0.396 e. The zero-order valence-electron chi connectivity index (χ0n) is 11.7. The van der Waals surface area contributed by atoms with Crippen LogP contribution < -0.4 is 11.1 Å². The van der Waals surface area contributed by atoms with E-state index in [1.807, 2.05) is 0 Å². The highest BCUT2D eigenvalue weighted by atomic mass is 16.2. The fourth-order valence-corrected chi connectivity index (χ4v) is 3.13. The molecule has 3 nitrogen and oxygen atoms in total. The number of hydrogen-bond acceptors (Lipinski definition) is 3. The Morgan fingerprint density at radius 1 is 1.21 bits per heavy atom. The van der Waals surface area contributed by atoms with Gasteiger partial charge in [-0.15, -0.1) is 0 Å². The van der Waals surface area contributed by atoms with Crippen LogP contribution in [0.25, 0.3) is 0 Å². The molecule has 0 aromatic heterocycles. The number of rotatable bonds is 7. The molecule has 0 bridgehead atoms. The molecule has 106 valence electrons. The predicted octanol–water partition coefficient (Wildman–Crippen LogP) is 1.93. The molecule has 0 saturated carbocycles. The topological polar surface area (TPSA) is 58.3 Å². The van der Waals surface area contributed by atoms with Gasteiger partial charge in [-0.05, 0) is 56.2 Å². The molecule has 1 aliphatic rings. The summed E-state index contributed by atoms with van der Waals surface area (Å²) < 4.78 is 0. The normalized spacial score (nSPS) is 22.2. The van der Waals surface area contributed by atoms with E-state index in [0.29, 0.717) is 13.2 Å². The van der Waals surface area contributed by atoms with E-state index >= 15 is 0 Å². The van der Waals surface area contributed by atoms with E-state index in [4.69, 9.17) is 10.8 Å². The summed E-state index contributed by atoms with van der Waals surface area (Å²) in [6.07, 6.45) is 6.58. The third-order valence-electron chi connectivity index (χ3n) is 4.23. The summed E-state index contributed by atoms with van der Waals surface area (Å²) in [6, 6.07) is 8.68. The average Bonchev–Trinajstić information content (AvgIpc) is 2.47. The van der Waals surface area contributed by atoms with Crippen molar-refractivity contribution in [3.63, 3.8) is 0 Å². The minimum absolute atomic E-state index is 0.0337. The van der Waals surface area contributed by atoms with Crippen molar-refractivity contribution in [3.05, 3.63) is 35.4 Å². The zero-order chi connectivity index (χ0) is 13.6. The first-order chi connectivity index (χ1) is 9.32. The lowest BCUT2D eigenvalue weighted by atomic mass is 9.76. The Kier molecular flexibility index (Phi) is 5.37. The molecule has 1 aliphatic carbocycles. The second kappa shape index (κ2) is 7.04. The van der Waals surface area contributed by atoms with Crippen LogP contribution in [0.2, 0.25) is 0 Å². The van der Waals surface area contributed by atoms with Crippen molar-refractivity contribution in [2.24, 2.45) is 5.73 Å². The summed E-state index contributed by atoms with van der Waals surface area (Å²) in [7, 11) is 0. The van der Waals surface area contributed by atoms with Crippen LogP contribution in [0.15, 0.2) is 24.3 Å². The second-order valence-electron chi connectivity index (χ2n) is 5.51. The molecule has 0 saturated heterocycles. The quantitative estimate of drug-likeness (QED) is 0.658. The van der Waals surface area contributed by atoms with Gasteiger partial charge < -0.3 is 16.2 Å². The summed E-state index contributed by atoms with van der Waals surface area (Å²) in [6.45, 7) is 1.93. The van der Waals surface area contributed by atoms with Gasteiger partial charge in [0.25, 0.3) is 0 Å². The van der Waals surface area contributed by atoms with Crippen LogP contribution in [0.4, 0.5) is 0 Å². The standard InChI is InChI=1S/C16H26N2O/c17-13-16(18-11-4-1-5-12-19)10-6-8-14-7-2-3-9-15(14)16/h2-3,7,9,18-19H,1,4-6,8,10-13,17H2. The van der Waals surface area contributed by atoms with E-state index in [9.17, 15) is 0 Å². The Hall–Kier alpha value is -0.900. The number of aliphatic hydroxyl groups excluding tert-OH is 1. The molecule has 0 amide bonds. The van der Waals surface area contributed by atoms with E-state index in [0.717, 1.165) is 32.2 Å². The number of fused-ring (bicyclic) bond motifs is 1.